The molecule has 1 aromatic carbocycles. The van der Waals surface area contributed by atoms with Gasteiger partial charge in [-0.3, -0.25) is 10.1 Å². The molecule has 0 fully saturated rings. The van der Waals surface area contributed by atoms with Gasteiger partial charge < -0.3 is 9.84 Å². The van der Waals surface area contributed by atoms with E-state index in [1.807, 2.05) is 39.0 Å². The number of ether oxygens (including phenoxy) is 1. The first kappa shape index (κ1) is 14.5. The molecule has 4 heteroatoms. The number of carboxylic acids is 1. The van der Waals surface area contributed by atoms with Gasteiger partial charge in [-0.15, -0.1) is 0 Å². The molecular weight excluding hydrogens is 230 g/mol. The highest BCUT2D eigenvalue weighted by molar-refractivity contribution is 5.78. The first-order valence-corrected chi connectivity index (χ1v) is 6.08. The normalized spacial score (nSPS) is 14.0. The zero-order chi connectivity index (χ0) is 13.8. The molecule has 2 N–H and O–H groups in total. The molecule has 0 radical (unpaired) electrons. The molecule has 0 heterocycles. The predicted octanol–water partition coefficient (Wildman–Crippen LogP) is 2.14. The summed E-state index contributed by atoms with van der Waals surface area (Å²) >= 11 is 0. The molecule has 0 spiro atoms. The van der Waals surface area contributed by atoms with E-state index in [0.29, 0.717) is 6.54 Å². The summed E-state index contributed by atoms with van der Waals surface area (Å²) in [5.74, 6) is -0.140. The molecule has 1 aromatic rings. The van der Waals surface area contributed by atoms with Gasteiger partial charge in [0.2, 0.25) is 0 Å². The van der Waals surface area contributed by atoms with Crippen molar-refractivity contribution in [1.29, 1.82) is 0 Å². The topological polar surface area (TPSA) is 58.6 Å². The van der Waals surface area contributed by atoms with E-state index in [0.717, 1.165) is 16.9 Å². The third-order valence-electron chi connectivity index (χ3n) is 2.95. The van der Waals surface area contributed by atoms with E-state index < -0.39 is 11.5 Å². The monoisotopic (exact) mass is 251 g/mol. The van der Waals surface area contributed by atoms with Crippen LogP contribution in [0.4, 0.5) is 0 Å². The summed E-state index contributed by atoms with van der Waals surface area (Å²) in [4.78, 5) is 11.3. The van der Waals surface area contributed by atoms with Gasteiger partial charge >= 0.3 is 5.97 Å². The van der Waals surface area contributed by atoms with Crippen LogP contribution >= 0.6 is 0 Å². The lowest BCUT2D eigenvalue weighted by molar-refractivity contribution is -0.145. The Morgan fingerprint density at radius 2 is 1.94 bits per heavy atom. The van der Waals surface area contributed by atoms with Crippen molar-refractivity contribution in [2.75, 3.05) is 13.2 Å². The maximum Gasteiger partial charge on any atom is 0.327 e. The lowest BCUT2D eigenvalue weighted by Crippen LogP contribution is -2.53. The van der Waals surface area contributed by atoms with Crippen molar-refractivity contribution in [2.24, 2.45) is 0 Å². The average Bonchev–Trinajstić information content (AvgIpc) is 2.28. The Bertz CT molecular complexity index is 411. The summed E-state index contributed by atoms with van der Waals surface area (Å²) in [7, 11) is 0. The molecule has 0 saturated heterocycles. The minimum Gasteiger partial charge on any atom is -0.490 e. The van der Waals surface area contributed by atoms with Crippen molar-refractivity contribution >= 4 is 5.97 Å². The van der Waals surface area contributed by atoms with Gasteiger partial charge in [0.15, 0.2) is 0 Å². The maximum atomic E-state index is 11.3. The molecule has 0 aliphatic rings. The van der Waals surface area contributed by atoms with Crippen molar-refractivity contribution in [2.45, 2.75) is 33.2 Å². The molecule has 0 aliphatic carbocycles. The first-order chi connectivity index (χ1) is 8.40. The number of para-hydroxylation sites is 1. The number of aliphatic carboxylic acids is 1. The number of nitrogens with one attached hydrogen (secondary N) is 1. The number of rotatable bonds is 6. The standard InChI is InChI=1S/C14H21NO3/c1-5-15-14(4,13(16)17)9-18-12-10(2)7-6-8-11(12)3/h6-8,15H,5,9H2,1-4H3,(H,16,17). The summed E-state index contributed by atoms with van der Waals surface area (Å²) < 4.78 is 5.70. The Balaban J connectivity index is 2.83. The molecule has 0 aliphatic heterocycles. The van der Waals surface area contributed by atoms with Crippen molar-refractivity contribution in [1.82, 2.24) is 5.32 Å². The number of benzene rings is 1. The van der Waals surface area contributed by atoms with Gasteiger partial charge in [0.1, 0.15) is 17.9 Å². The molecule has 18 heavy (non-hydrogen) atoms. The van der Waals surface area contributed by atoms with Crippen LogP contribution in [-0.4, -0.2) is 29.8 Å². The van der Waals surface area contributed by atoms with E-state index in [2.05, 4.69) is 5.32 Å². The maximum absolute atomic E-state index is 11.3. The zero-order valence-electron chi connectivity index (χ0n) is 11.4. The lowest BCUT2D eigenvalue weighted by atomic mass is 10.0. The van der Waals surface area contributed by atoms with Gasteiger partial charge in [0.25, 0.3) is 0 Å². The molecule has 4 nitrogen and oxygen atoms in total. The SMILES string of the molecule is CCNC(C)(COc1c(C)cccc1C)C(=O)O. The van der Waals surface area contributed by atoms with E-state index >= 15 is 0 Å². The minimum atomic E-state index is -1.07. The number of likely N-dealkylation sites (N-methyl/N-ethyl adjacent to an activating group) is 1. The van der Waals surface area contributed by atoms with Gasteiger partial charge in [0.05, 0.1) is 0 Å². The molecule has 0 saturated carbocycles. The molecule has 1 rings (SSSR count). The van der Waals surface area contributed by atoms with Crippen LogP contribution in [0.25, 0.3) is 0 Å². The van der Waals surface area contributed by atoms with Gasteiger partial charge in [-0.2, -0.15) is 0 Å². The molecule has 0 bridgehead atoms. The van der Waals surface area contributed by atoms with Crippen LogP contribution in [0, 0.1) is 13.8 Å². The fourth-order valence-electron chi connectivity index (χ4n) is 1.82. The largest absolute Gasteiger partial charge is 0.490 e. The second-order valence-corrected chi connectivity index (χ2v) is 4.68. The quantitative estimate of drug-likeness (QED) is 0.813. The van der Waals surface area contributed by atoms with Crippen molar-refractivity contribution in [3.8, 4) is 5.75 Å². The third kappa shape index (κ3) is 3.23. The van der Waals surface area contributed by atoms with Crippen LogP contribution < -0.4 is 10.1 Å². The van der Waals surface area contributed by atoms with Crippen LogP contribution in [0.1, 0.15) is 25.0 Å². The summed E-state index contributed by atoms with van der Waals surface area (Å²) in [5.41, 5.74) is 0.960. The summed E-state index contributed by atoms with van der Waals surface area (Å²) in [5, 5.41) is 12.2. The van der Waals surface area contributed by atoms with Crippen molar-refractivity contribution in [3.05, 3.63) is 29.3 Å². The number of carbonyl (C=O) groups is 1. The lowest BCUT2D eigenvalue weighted by Gasteiger charge is -2.26. The van der Waals surface area contributed by atoms with Gasteiger partial charge in [0, 0.05) is 0 Å². The van der Waals surface area contributed by atoms with Crippen LogP contribution in [0.3, 0.4) is 0 Å². The van der Waals surface area contributed by atoms with Crippen LogP contribution in [0.15, 0.2) is 18.2 Å². The highest BCUT2D eigenvalue weighted by atomic mass is 16.5. The smallest absolute Gasteiger partial charge is 0.327 e. The molecule has 0 aromatic heterocycles. The fourth-order valence-corrected chi connectivity index (χ4v) is 1.82. The predicted molar refractivity (Wildman–Crippen MR) is 71.1 cm³/mol. The van der Waals surface area contributed by atoms with Gasteiger partial charge in [-0.05, 0) is 38.4 Å². The Kier molecular flexibility index (Phi) is 4.73. The van der Waals surface area contributed by atoms with Crippen LogP contribution in [0.5, 0.6) is 5.75 Å². The summed E-state index contributed by atoms with van der Waals surface area (Å²) in [6, 6.07) is 5.86. The molecular formula is C14H21NO3. The number of hydrogen-bond donors (Lipinski definition) is 2. The van der Waals surface area contributed by atoms with E-state index in [-0.39, 0.29) is 6.61 Å². The van der Waals surface area contributed by atoms with Gasteiger partial charge in [-0.25, -0.2) is 0 Å². The van der Waals surface area contributed by atoms with Crippen LogP contribution in [-0.2, 0) is 4.79 Å². The second kappa shape index (κ2) is 5.87. The van der Waals surface area contributed by atoms with Crippen LogP contribution in [0.2, 0.25) is 0 Å². The molecule has 1 atom stereocenters. The second-order valence-electron chi connectivity index (χ2n) is 4.68. The first-order valence-electron chi connectivity index (χ1n) is 6.08. The minimum absolute atomic E-state index is 0.0991. The Hall–Kier alpha value is -1.55. The van der Waals surface area contributed by atoms with E-state index in [1.165, 1.54) is 0 Å². The number of aryl methyl sites for hydroxylation is 2. The molecule has 1 unspecified atom stereocenters. The summed E-state index contributed by atoms with van der Waals surface area (Å²) in [6.45, 7) is 8.09. The number of carboxylic acid groups (broad SMARTS) is 1. The highest BCUT2D eigenvalue weighted by Gasteiger charge is 2.33. The zero-order valence-corrected chi connectivity index (χ0v) is 11.4. The Morgan fingerprint density at radius 1 is 1.39 bits per heavy atom. The van der Waals surface area contributed by atoms with E-state index in [1.54, 1.807) is 6.92 Å². The average molecular weight is 251 g/mol. The molecule has 100 valence electrons. The summed E-state index contributed by atoms with van der Waals surface area (Å²) in [6.07, 6.45) is 0. The molecule has 0 amide bonds. The van der Waals surface area contributed by atoms with Crippen molar-refractivity contribution < 1.29 is 14.6 Å². The highest BCUT2D eigenvalue weighted by Crippen LogP contribution is 2.23. The fraction of sp³-hybridized carbons (Fsp3) is 0.500. The van der Waals surface area contributed by atoms with Crippen molar-refractivity contribution in [3.63, 3.8) is 0 Å². The third-order valence-corrected chi connectivity index (χ3v) is 2.95. The van der Waals surface area contributed by atoms with E-state index in [9.17, 15) is 9.90 Å². The Labute approximate surface area is 108 Å². The van der Waals surface area contributed by atoms with Gasteiger partial charge in [-0.1, -0.05) is 25.1 Å². The Morgan fingerprint density at radius 3 is 2.39 bits per heavy atom. The number of hydrogen-bond acceptors (Lipinski definition) is 3. The van der Waals surface area contributed by atoms with E-state index in [4.69, 9.17) is 4.74 Å².